The summed E-state index contributed by atoms with van der Waals surface area (Å²) >= 11 is 16.2. The van der Waals surface area contributed by atoms with Crippen molar-refractivity contribution in [1.29, 1.82) is 0 Å². The number of hydrogen-bond acceptors (Lipinski definition) is 6. The molecule has 0 saturated carbocycles. The summed E-state index contributed by atoms with van der Waals surface area (Å²) in [5.74, 6) is 0. The zero-order valence-electron chi connectivity index (χ0n) is 12.1. The molecule has 0 aliphatic carbocycles. The molecule has 24 heavy (non-hydrogen) atoms. The molecule has 0 heterocycles. The van der Waals surface area contributed by atoms with Gasteiger partial charge in [0.2, 0.25) is 0 Å². The monoisotopic (exact) mass is 489 g/mol. The normalized spacial score (nSPS) is 11.8. The fraction of sp³-hybridized carbons (Fsp3) is 0. The minimum Gasteiger partial charge on any atom is -0.282 e. The first-order valence-electron chi connectivity index (χ1n) is 4.23. The van der Waals surface area contributed by atoms with Crippen molar-refractivity contribution in [3.05, 3.63) is 15.1 Å². The zero-order chi connectivity index (χ0) is 17.0. The van der Waals surface area contributed by atoms with Crippen molar-refractivity contribution in [2.24, 2.45) is 0 Å². The van der Waals surface area contributed by atoms with Crippen molar-refractivity contribution < 1.29 is 38.9 Å². The van der Waals surface area contributed by atoms with Gasteiger partial charge in [0.1, 0.15) is 14.7 Å². The van der Waals surface area contributed by atoms with E-state index in [0.717, 1.165) is 0 Å². The molecule has 18 heteroatoms. The van der Waals surface area contributed by atoms with E-state index in [1.807, 2.05) is 0 Å². The molecule has 1 aromatic rings. The number of rotatable bonds is 3. The molecule has 0 aliphatic heterocycles. The Kier molecular flexibility index (Phi) is 13.9. The second-order valence-electron chi connectivity index (χ2n) is 3.35. The van der Waals surface area contributed by atoms with Crippen molar-refractivity contribution in [3.63, 3.8) is 0 Å². The fourth-order valence-corrected chi connectivity index (χ4v) is 5.91. The van der Waals surface area contributed by atoms with E-state index < -0.39 is 60.1 Å². The maximum atomic E-state index is 11.1. The molecular weight excluding hydrogens is 488 g/mol. The van der Waals surface area contributed by atoms with Crippen LogP contribution < -0.4 is 0 Å². The Hall–Kier alpha value is 2.82. The molecular formula is C6H3Cl3Na3O9S3. The molecule has 0 atom stereocenters. The summed E-state index contributed by atoms with van der Waals surface area (Å²) in [6.45, 7) is 0. The quantitative estimate of drug-likeness (QED) is 0.398. The van der Waals surface area contributed by atoms with Gasteiger partial charge in [-0.3, -0.25) is 13.7 Å². The summed E-state index contributed by atoms with van der Waals surface area (Å²) in [5, 5.41) is -4.03. The molecule has 0 aromatic heterocycles. The first kappa shape index (κ1) is 31.5. The van der Waals surface area contributed by atoms with E-state index >= 15 is 0 Å². The van der Waals surface area contributed by atoms with Crippen LogP contribution in [0.5, 0.6) is 0 Å². The van der Waals surface area contributed by atoms with Crippen LogP contribution in [0, 0.1) is 0 Å². The predicted octanol–water partition coefficient (Wildman–Crippen LogP) is 0.245. The Labute approximate surface area is 218 Å². The van der Waals surface area contributed by atoms with Crippen LogP contribution in [0.3, 0.4) is 0 Å². The summed E-state index contributed by atoms with van der Waals surface area (Å²) < 4.78 is 93.6. The van der Waals surface area contributed by atoms with Gasteiger partial charge in [-0.05, 0) is 0 Å². The van der Waals surface area contributed by atoms with E-state index in [-0.39, 0.29) is 88.7 Å². The van der Waals surface area contributed by atoms with Crippen LogP contribution in [0.1, 0.15) is 0 Å². The van der Waals surface area contributed by atoms with Gasteiger partial charge in [0.05, 0.1) is 15.1 Å². The molecule has 0 aliphatic rings. The third-order valence-corrected chi connectivity index (χ3v) is 6.55. The largest absolute Gasteiger partial charge is 0.297 e. The Morgan fingerprint density at radius 1 is 0.500 bits per heavy atom. The summed E-state index contributed by atoms with van der Waals surface area (Å²) in [6, 6.07) is 0. The molecule has 3 radical (unpaired) electrons. The van der Waals surface area contributed by atoms with Gasteiger partial charge in [-0.25, -0.2) is 0 Å². The first-order chi connectivity index (χ1) is 9.10. The molecule has 1 rings (SSSR count). The maximum absolute atomic E-state index is 11.1. The number of hydrogen-bond donors (Lipinski definition) is 3. The third-order valence-electron chi connectivity index (χ3n) is 1.97. The molecule has 0 saturated heterocycles. The second kappa shape index (κ2) is 10.6. The summed E-state index contributed by atoms with van der Waals surface area (Å²) in [4.78, 5) is -4.68. The molecule has 0 amide bonds. The second-order valence-corrected chi connectivity index (χ2v) is 8.56. The van der Waals surface area contributed by atoms with Gasteiger partial charge in [-0.15, -0.1) is 0 Å². The SMILES string of the molecule is O=S(=O)(O)c1c(Cl)c(S(=O)(=O)O)c(Cl)c(S(=O)(=O)O)c1Cl.[Na].[Na].[Na]. The van der Waals surface area contributed by atoms with Crippen molar-refractivity contribution in [3.8, 4) is 0 Å². The van der Waals surface area contributed by atoms with Crippen LogP contribution in [0.15, 0.2) is 14.7 Å². The van der Waals surface area contributed by atoms with E-state index in [1.165, 1.54) is 0 Å². The van der Waals surface area contributed by atoms with Crippen molar-refractivity contribution in [2.75, 3.05) is 0 Å². The molecule has 1 aromatic carbocycles. The van der Waals surface area contributed by atoms with E-state index in [2.05, 4.69) is 0 Å². The van der Waals surface area contributed by atoms with Crippen molar-refractivity contribution in [2.45, 2.75) is 14.7 Å². The van der Waals surface area contributed by atoms with Crippen LogP contribution in [-0.4, -0.2) is 128 Å². The van der Waals surface area contributed by atoms with Gasteiger partial charge in [-0.1, -0.05) is 34.8 Å². The summed E-state index contributed by atoms with van der Waals surface area (Å²) in [7, 11) is -16.0. The van der Waals surface area contributed by atoms with Gasteiger partial charge >= 0.3 is 0 Å². The molecule has 0 fully saturated rings. The van der Waals surface area contributed by atoms with Crippen LogP contribution in [0.2, 0.25) is 15.1 Å². The molecule has 3 N–H and O–H groups in total. The van der Waals surface area contributed by atoms with Crippen LogP contribution in [0.4, 0.5) is 0 Å². The standard InChI is InChI=1S/C6H3Cl3O9S3.3Na/c7-1-4(19(10,11)12)2(8)6(21(16,17)18)3(9)5(1)20(13,14)15;;;/h(H,10,11,12)(H,13,14,15)(H,16,17,18);;;. The third kappa shape index (κ3) is 7.01. The average molecular weight is 491 g/mol. The van der Waals surface area contributed by atoms with E-state index in [4.69, 9.17) is 48.5 Å². The smallest absolute Gasteiger partial charge is 0.282 e. The molecule has 0 spiro atoms. The Balaban J connectivity index is -0.00000147. The minimum absolute atomic E-state index is 0. The minimum atomic E-state index is -5.32. The maximum Gasteiger partial charge on any atom is 0.297 e. The van der Waals surface area contributed by atoms with E-state index in [1.54, 1.807) is 0 Å². The predicted molar refractivity (Wildman–Crippen MR) is 88.2 cm³/mol. The Bertz CT molecular complexity index is 798. The van der Waals surface area contributed by atoms with Crippen LogP contribution >= 0.6 is 34.8 Å². The van der Waals surface area contributed by atoms with Crippen molar-refractivity contribution in [1.82, 2.24) is 0 Å². The van der Waals surface area contributed by atoms with Crippen LogP contribution in [-0.2, 0) is 30.4 Å². The van der Waals surface area contributed by atoms with Gasteiger partial charge in [0, 0.05) is 88.7 Å². The average Bonchev–Trinajstić information content (AvgIpc) is 2.07. The van der Waals surface area contributed by atoms with Crippen LogP contribution in [0.25, 0.3) is 0 Å². The molecule has 0 bridgehead atoms. The Morgan fingerprint density at radius 3 is 0.708 bits per heavy atom. The first-order valence-corrected chi connectivity index (χ1v) is 9.68. The van der Waals surface area contributed by atoms with Gasteiger partial charge in [0.15, 0.2) is 0 Å². The summed E-state index contributed by atoms with van der Waals surface area (Å²) in [6.07, 6.45) is 0. The fourth-order valence-electron chi connectivity index (χ4n) is 1.28. The molecule has 9 nitrogen and oxygen atoms in total. The van der Waals surface area contributed by atoms with Crippen molar-refractivity contribution >= 4 is 154 Å². The topological polar surface area (TPSA) is 163 Å². The number of benzene rings is 1. The number of halogens is 3. The summed E-state index contributed by atoms with van der Waals surface area (Å²) in [5.41, 5.74) is 0. The van der Waals surface area contributed by atoms with E-state index in [9.17, 15) is 25.3 Å². The van der Waals surface area contributed by atoms with Gasteiger partial charge in [-0.2, -0.15) is 25.3 Å². The Morgan fingerprint density at radius 2 is 0.625 bits per heavy atom. The molecule has 0 unspecified atom stereocenters. The van der Waals surface area contributed by atoms with E-state index in [0.29, 0.717) is 0 Å². The van der Waals surface area contributed by atoms with Gasteiger partial charge in [0.25, 0.3) is 30.4 Å². The van der Waals surface area contributed by atoms with Gasteiger partial charge < -0.3 is 0 Å². The molecule has 123 valence electrons. The zero-order valence-corrected chi connectivity index (χ0v) is 22.9.